The molecule has 1 aliphatic carbocycles. The molecule has 0 amide bonds. The second-order valence-electron chi connectivity index (χ2n) is 4.04. The zero-order chi connectivity index (χ0) is 9.80. The molecule has 1 aromatic rings. The minimum Gasteiger partial charge on any atom is -0.332 e. The van der Waals surface area contributed by atoms with Gasteiger partial charge in [0.1, 0.15) is 5.82 Å². The maximum atomic E-state index is 4.42. The van der Waals surface area contributed by atoms with Gasteiger partial charge in [-0.2, -0.15) is 0 Å². The molecular formula is C11H19N3. The van der Waals surface area contributed by atoms with Crippen molar-refractivity contribution in [3.63, 3.8) is 0 Å². The molecule has 1 saturated carbocycles. The Morgan fingerprint density at radius 3 is 3.00 bits per heavy atom. The highest BCUT2D eigenvalue weighted by molar-refractivity contribution is 4.97. The summed E-state index contributed by atoms with van der Waals surface area (Å²) in [5.74, 6) is 1.24. The number of nitrogens with zero attached hydrogens (tertiary/aromatic N) is 2. The third-order valence-corrected chi connectivity index (χ3v) is 3.07. The van der Waals surface area contributed by atoms with Gasteiger partial charge in [-0.3, -0.25) is 0 Å². The third-order valence-electron chi connectivity index (χ3n) is 3.07. The zero-order valence-corrected chi connectivity index (χ0v) is 8.87. The molecule has 0 aliphatic heterocycles. The Hall–Kier alpha value is -0.830. The number of hydrogen-bond acceptors (Lipinski definition) is 2. The highest BCUT2D eigenvalue weighted by atomic mass is 15.1. The van der Waals surface area contributed by atoms with Crippen LogP contribution in [0.15, 0.2) is 12.4 Å². The van der Waals surface area contributed by atoms with Crippen LogP contribution in [0.3, 0.4) is 0 Å². The second kappa shape index (κ2) is 4.60. The molecular weight excluding hydrogens is 174 g/mol. The molecule has 14 heavy (non-hydrogen) atoms. The molecule has 0 bridgehead atoms. The van der Waals surface area contributed by atoms with Gasteiger partial charge in [-0.05, 0) is 19.9 Å². The van der Waals surface area contributed by atoms with Gasteiger partial charge in [0.25, 0.3) is 0 Å². The van der Waals surface area contributed by atoms with Crippen LogP contribution >= 0.6 is 0 Å². The number of imidazole rings is 1. The van der Waals surface area contributed by atoms with Crippen LogP contribution in [0, 0.1) is 0 Å². The number of hydrogen-bond donors (Lipinski definition) is 1. The van der Waals surface area contributed by atoms with E-state index in [0.29, 0.717) is 0 Å². The summed E-state index contributed by atoms with van der Waals surface area (Å²) in [6, 6.07) is 0.726. The zero-order valence-electron chi connectivity index (χ0n) is 8.87. The van der Waals surface area contributed by atoms with Gasteiger partial charge in [-0.1, -0.05) is 12.8 Å². The van der Waals surface area contributed by atoms with Crippen molar-refractivity contribution < 1.29 is 0 Å². The summed E-state index contributed by atoms with van der Waals surface area (Å²) in [5.41, 5.74) is 0. The van der Waals surface area contributed by atoms with Crippen molar-refractivity contribution in [2.45, 2.75) is 38.1 Å². The summed E-state index contributed by atoms with van der Waals surface area (Å²) in [6.45, 7) is 1.02. The smallest absolute Gasteiger partial charge is 0.110 e. The van der Waals surface area contributed by atoms with E-state index in [9.17, 15) is 0 Å². The summed E-state index contributed by atoms with van der Waals surface area (Å²) in [5, 5.41) is 3.17. The standard InChI is InChI=1S/C11H19N3/c1-12-7-6-11-13-8-9-14(11)10-4-2-3-5-10/h8-10,12H,2-7H2,1H3. The molecule has 0 aromatic carbocycles. The molecule has 3 nitrogen and oxygen atoms in total. The van der Waals surface area contributed by atoms with Gasteiger partial charge in [-0.15, -0.1) is 0 Å². The molecule has 78 valence electrons. The van der Waals surface area contributed by atoms with E-state index in [1.807, 2.05) is 13.2 Å². The lowest BCUT2D eigenvalue weighted by molar-refractivity contribution is 0.494. The quantitative estimate of drug-likeness (QED) is 0.789. The van der Waals surface area contributed by atoms with Crippen molar-refractivity contribution in [1.82, 2.24) is 14.9 Å². The lowest BCUT2D eigenvalue weighted by Crippen LogP contribution is -2.15. The minimum atomic E-state index is 0.726. The molecule has 1 N–H and O–H groups in total. The first-order chi connectivity index (χ1) is 6.92. The largest absolute Gasteiger partial charge is 0.332 e. The molecule has 0 unspecified atom stereocenters. The van der Waals surface area contributed by atoms with Gasteiger partial charge in [-0.25, -0.2) is 4.98 Å². The molecule has 0 saturated heterocycles. The summed E-state index contributed by atoms with van der Waals surface area (Å²) in [6.07, 6.45) is 10.6. The lowest BCUT2D eigenvalue weighted by atomic mass is 10.2. The van der Waals surface area contributed by atoms with E-state index < -0.39 is 0 Å². The highest BCUT2D eigenvalue weighted by Crippen LogP contribution is 2.30. The molecule has 0 atom stereocenters. The van der Waals surface area contributed by atoms with Crippen molar-refractivity contribution in [3.05, 3.63) is 18.2 Å². The van der Waals surface area contributed by atoms with Crippen molar-refractivity contribution in [2.75, 3.05) is 13.6 Å². The first-order valence-corrected chi connectivity index (χ1v) is 5.58. The van der Waals surface area contributed by atoms with Crippen LogP contribution in [0.25, 0.3) is 0 Å². The maximum absolute atomic E-state index is 4.42. The van der Waals surface area contributed by atoms with Crippen molar-refractivity contribution >= 4 is 0 Å². The maximum Gasteiger partial charge on any atom is 0.110 e. The third kappa shape index (κ3) is 1.98. The molecule has 0 spiro atoms. The minimum absolute atomic E-state index is 0.726. The first-order valence-electron chi connectivity index (χ1n) is 5.58. The van der Waals surface area contributed by atoms with E-state index >= 15 is 0 Å². The summed E-state index contributed by atoms with van der Waals surface area (Å²) < 4.78 is 2.38. The Balaban J connectivity index is 2.04. The van der Waals surface area contributed by atoms with Crippen molar-refractivity contribution in [2.24, 2.45) is 0 Å². The van der Waals surface area contributed by atoms with Gasteiger partial charge in [0.05, 0.1) is 0 Å². The fourth-order valence-corrected chi connectivity index (χ4v) is 2.29. The predicted octanol–water partition coefficient (Wildman–Crippen LogP) is 1.76. The molecule has 1 fully saturated rings. The van der Waals surface area contributed by atoms with E-state index in [1.54, 1.807) is 0 Å². The predicted molar refractivity (Wildman–Crippen MR) is 57.4 cm³/mol. The number of rotatable bonds is 4. The first kappa shape index (κ1) is 9.71. The van der Waals surface area contributed by atoms with Crippen LogP contribution in [-0.4, -0.2) is 23.1 Å². The Kier molecular flexibility index (Phi) is 3.19. The second-order valence-corrected chi connectivity index (χ2v) is 4.04. The molecule has 1 aliphatic rings. The fraction of sp³-hybridized carbons (Fsp3) is 0.727. The average molecular weight is 193 g/mol. The van der Waals surface area contributed by atoms with Gasteiger partial charge in [0.15, 0.2) is 0 Å². The monoisotopic (exact) mass is 193 g/mol. The Labute approximate surface area is 85.5 Å². The Bertz CT molecular complexity index is 274. The average Bonchev–Trinajstić information content (AvgIpc) is 2.84. The van der Waals surface area contributed by atoms with Crippen LogP contribution in [0.2, 0.25) is 0 Å². The summed E-state index contributed by atoms with van der Waals surface area (Å²) in [4.78, 5) is 4.42. The van der Waals surface area contributed by atoms with E-state index in [2.05, 4.69) is 21.1 Å². The van der Waals surface area contributed by atoms with E-state index in [4.69, 9.17) is 0 Å². The number of aromatic nitrogens is 2. The molecule has 3 heteroatoms. The molecule has 2 rings (SSSR count). The Morgan fingerprint density at radius 1 is 1.50 bits per heavy atom. The van der Waals surface area contributed by atoms with E-state index in [-0.39, 0.29) is 0 Å². The number of likely N-dealkylation sites (N-methyl/N-ethyl adjacent to an activating group) is 1. The SMILES string of the molecule is CNCCc1nccn1C1CCCC1. The van der Waals surface area contributed by atoms with E-state index in [0.717, 1.165) is 19.0 Å². The van der Waals surface area contributed by atoms with Crippen LogP contribution < -0.4 is 5.32 Å². The van der Waals surface area contributed by atoms with Crippen LogP contribution in [0.5, 0.6) is 0 Å². The molecule has 0 radical (unpaired) electrons. The van der Waals surface area contributed by atoms with Gasteiger partial charge in [0, 0.05) is 31.4 Å². The number of nitrogens with one attached hydrogen (secondary N) is 1. The molecule has 1 aromatic heterocycles. The van der Waals surface area contributed by atoms with Crippen molar-refractivity contribution in [3.8, 4) is 0 Å². The van der Waals surface area contributed by atoms with Crippen LogP contribution in [-0.2, 0) is 6.42 Å². The van der Waals surface area contributed by atoms with Crippen LogP contribution in [0.4, 0.5) is 0 Å². The van der Waals surface area contributed by atoms with Crippen molar-refractivity contribution in [1.29, 1.82) is 0 Å². The van der Waals surface area contributed by atoms with Gasteiger partial charge in [0.2, 0.25) is 0 Å². The highest BCUT2D eigenvalue weighted by Gasteiger charge is 2.18. The topological polar surface area (TPSA) is 29.9 Å². The van der Waals surface area contributed by atoms with E-state index in [1.165, 1.54) is 31.5 Å². The lowest BCUT2D eigenvalue weighted by Gasteiger charge is -2.14. The fourth-order valence-electron chi connectivity index (χ4n) is 2.29. The molecule has 1 heterocycles. The van der Waals surface area contributed by atoms with Gasteiger partial charge < -0.3 is 9.88 Å². The van der Waals surface area contributed by atoms with Crippen LogP contribution in [0.1, 0.15) is 37.5 Å². The van der Waals surface area contributed by atoms with Gasteiger partial charge >= 0.3 is 0 Å². The Morgan fingerprint density at radius 2 is 2.29 bits per heavy atom. The normalized spacial score (nSPS) is 17.8. The summed E-state index contributed by atoms with van der Waals surface area (Å²) in [7, 11) is 1.99. The summed E-state index contributed by atoms with van der Waals surface area (Å²) >= 11 is 0.